The Morgan fingerprint density at radius 1 is 0.519 bits per heavy atom. The van der Waals surface area contributed by atoms with Gasteiger partial charge in [0.25, 0.3) is 0 Å². The van der Waals surface area contributed by atoms with Gasteiger partial charge in [-0.15, -0.1) is 0 Å². The second-order valence-corrected chi connectivity index (χ2v) is 19.8. The minimum absolute atomic E-state index is 0.00751. The molecule has 0 bridgehead atoms. The first-order valence-electron chi connectivity index (χ1n) is 26.5. The van der Waals surface area contributed by atoms with Crippen LogP contribution in [0.2, 0.25) is 0 Å². The van der Waals surface area contributed by atoms with Crippen LogP contribution >= 0.6 is 0 Å². The van der Waals surface area contributed by atoms with E-state index in [-0.39, 0.29) is 23.6 Å². The van der Waals surface area contributed by atoms with Crippen molar-refractivity contribution in [3.63, 3.8) is 0 Å². The maximum absolute atomic E-state index is 12.4. The lowest BCUT2D eigenvalue weighted by Crippen LogP contribution is -2.33. The number of aromatic amines is 5. The molecule has 24 heteroatoms. The molecular formula is C57H63N21O3. The van der Waals surface area contributed by atoms with Crippen molar-refractivity contribution in [3.8, 4) is 33.8 Å². The Bertz CT molecular complexity index is 4250. The molecule has 24 nitrogen and oxygen atoms in total. The monoisotopic (exact) mass is 1090 g/mol. The molecule has 9 aromatic heterocycles. The zero-order chi connectivity index (χ0) is 57.2. The summed E-state index contributed by atoms with van der Waals surface area (Å²) in [7, 11) is 1.94. The van der Waals surface area contributed by atoms with Gasteiger partial charge in [0.1, 0.15) is 56.7 Å². The number of aryl methyl sites for hydroxylation is 1. The van der Waals surface area contributed by atoms with Gasteiger partial charge in [0.2, 0.25) is 17.7 Å². The van der Waals surface area contributed by atoms with E-state index >= 15 is 0 Å². The van der Waals surface area contributed by atoms with Crippen LogP contribution in [0, 0.1) is 5.92 Å². The first kappa shape index (κ1) is 54.1. The van der Waals surface area contributed by atoms with Crippen molar-refractivity contribution in [1.29, 1.82) is 0 Å². The summed E-state index contributed by atoms with van der Waals surface area (Å²) < 4.78 is 2.00. The van der Waals surface area contributed by atoms with E-state index in [9.17, 15) is 14.4 Å². The first-order chi connectivity index (χ1) is 39.0. The normalized spacial score (nSPS) is 11.4. The minimum atomic E-state index is -0.0576. The molecule has 3 aromatic carbocycles. The van der Waals surface area contributed by atoms with E-state index in [1.807, 2.05) is 119 Å². The quantitative estimate of drug-likeness (QED) is 0.0542. The minimum Gasteiger partial charge on any atom is -0.382 e. The highest BCUT2D eigenvalue weighted by Crippen LogP contribution is 2.33. The van der Waals surface area contributed by atoms with E-state index in [4.69, 9.17) is 22.2 Å². The predicted octanol–water partition coefficient (Wildman–Crippen LogP) is 8.00. The van der Waals surface area contributed by atoms with Gasteiger partial charge in [-0.2, -0.15) is 15.3 Å². The summed E-state index contributed by atoms with van der Waals surface area (Å²) in [4.78, 5) is 75.2. The van der Waals surface area contributed by atoms with E-state index in [1.54, 1.807) is 47.1 Å². The van der Waals surface area contributed by atoms with Crippen molar-refractivity contribution in [1.82, 2.24) is 89.7 Å². The van der Waals surface area contributed by atoms with Gasteiger partial charge >= 0.3 is 0 Å². The van der Waals surface area contributed by atoms with Crippen molar-refractivity contribution >= 4 is 101 Å². The maximum Gasteiger partial charge on any atom is 0.225 e. The lowest BCUT2D eigenvalue weighted by molar-refractivity contribution is -0.135. The van der Waals surface area contributed by atoms with Gasteiger partial charge < -0.3 is 46.4 Å². The summed E-state index contributed by atoms with van der Waals surface area (Å²) >= 11 is 0. The summed E-state index contributed by atoms with van der Waals surface area (Å²) in [6.45, 7) is 15.9. The number of fused-ring (bicyclic) bond motifs is 9. The molecule has 0 atom stereocenters. The van der Waals surface area contributed by atoms with Crippen LogP contribution in [0.4, 0.5) is 17.5 Å². The third kappa shape index (κ3) is 10.8. The van der Waals surface area contributed by atoms with Crippen LogP contribution in [0.3, 0.4) is 0 Å². The number of anilines is 3. The number of imidazole rings is 3. The molecule has 12 aromatic rings. The maximum atomic E-state index is 12.4. The lowest BCUT2D eigenvalue weighted by atomic mass is 10.1. The average Bonchev–Trinajstić information content (AvgIpc) is 4.11. The standard InChI is InChI=1S/C20H23N7O.C19H21N7O.C18H19N7O/c1-4-27(20(28)11(2)3)10-16-24-17-13-6-5-12(14-7-8-22-26-14)9-15(13)23-19(21)18(17)25-16;1-4-26(11(2)27)10-16-23-17-18(25(16)3)13-6-5-12(14-7-8-21-24-14)9-15(13)22-19(17)20;1-3-25(10(2)26)9-15-22-16-12-5-4-11(13-6-7-20-24-13)8-14(12)21-18(19)17(16)23-15/h5-9,11H,4,10H2,1-3H3,(H2,21,23)(H,22,26)(H,24,25);5-9H,4,10H2,1-3H3,(H2,20,22)(H,21,24);4-8H,3,9H2,1-2H3,(H2,19,21)(H,20,24)(H,22,23). The van der Waals surface area contributed by atoms with Gasteiger partial charge in [-0.05, 0) is 75.4 Å². The molecule has 12 rings (SSSR count). The topological polar surface area (TPSA) is 339 Å². The Kier molecular flexibility index (Phi) is 15.1. The molecule has 0 saturated heterocycles. The molecule has 81 heavy (non-hydrogen) atoms. The molecule has 9 heterocycles. The molecule has 0 aliphatic heterocycles. The summed E-state index contributed by atoms with van der Waals surface area (Å²) in [6.07, 6.45) is 5.13. The lowest BCUT2D eigenvalue weighted by Gasteiger charge is -2.21. The van der Waals surface area contributed by atoms with Gasteiger partial charge in [0.15, 0.2) is 5.82 Å². The molecule has 0 aliphatic carbocycles. The van der Waals surface area contributed by atoms with Crippen LogP contribution in [0.15, 0.2) is 91.4 Å². The highest BCUT2D eigenvalue weighted by atomic mass is 16.2. The van der Waals surface area contributed by atoms with E-state index in [0.717, 1.165) is 88.9 Å². The van der Waals surface area contributed by atoms with Gasteiger partial charge in [0, 0.05) is 97.9 Å². The Hall–Kier alpha value is -10.3. The number of H-pyrrole nitrogens is 5. The number of nitrogens with one attached hydrogen (secondary N) is 5. The van der Waals surface area contributed by atoms with Crippen LogP contribution < -0.4 is 17.2 Å². The first-order valence-corrected chi connectivity index (χ1v) is 26.5. The largest absolute Gasteiger partial charge is 0.382 e. The molecule has 0 aliphatic rings. The van der Waals surface area contributed by atoms with Crippen molar-refractivity contribution in [3.05, 3.63) is 109 Å². The van der Waals surface area contributed by atoms with Gasteiger partial charge in [-0.1, -0.05) is 32.0 Å². The number of nitrogen functional groups attached to an aromatic ring is 3. The fourth-order valence-corrected chi connectivity index (χ4v) is 9.84. The Morgan fingerprint density at radius 3 is 1.33 bits per heavy atom. The number of nitrogens with zero attached hydrogens (tertiary/aromatic N) is 13. The van der Waals surface area contributed by atoms with Crippen LogP contribution in [0.5, 0.6) is 0 Å². The van der Waals surface area contributed by atoms with E-state index in [2.05, 4.69) is 65.5 Å². The molecule has 0 saturated carbocycles. The Balaban J connectivity index is 0.000000136. The Labute approximate surface area is 464 Å². The van der Waals surface area contributed by atoms with Crippen molar-refractivity contribution < 1.29 is 14.4 Å². The van der Waals surface area contributed by atoms with Gasteiger partial charge in [0.05, 0.1) is 58.8 Å². The van der Waals surface area contributed by atoms with Crippen LogP contribution in [0.25, 0.3) is 99.6 Å². The number of carbonyl (C=O) groups excluding carboxylic acids is 3. The zero-order valence-electron chi connectivity index (χ0n) is 46.3. The van der Waals surface area contributed by atoms with Crippen LogP contribution in [-0.4, -0.2) is 127 Å². The molecule has 0 fully saturated rings. The van der Waals surface area contributed by atoms with Crippen LogP contribution in [0.1, 0.15) is 65.9 Å². The number of hydrogen-bond acceptors (Lipinski definition) is 15. The number of carbonyl (C=O) groups is 3. The van der Waals surface area contributed by atoms with Crippen molar-refractivity contribution in [2.24, 2.45) is 13.0 Å². The third-order valence-electron chi connectivity index (χ3n) is 14.2. The fraction of sp³-hybridized carbons (Fsp3) is 0.263. The zero-order valence-corrected chi connectivity index (χ0v) is 46.3. The predicted molar refractivity (Wildman–Crippen MR) is 314 cm³/mol. The number of benzene rings is 3. The fourth-order valence-electron chi connectivity index (χ4n) is 9.84. The molecule has 0 radical (unpaired) electrons. The smallest absolute Gasteiger partial charge is 0.225 e. The number of rotatable bonds is 13. The number of hydrogen-bond donors (Lipinski definition) is 8. The molecule has 414 valence electrons. The van der Waals surface area contributed by atoms with E-state index in [0.29, 0.717) is 84.9 Å². The van der Waals surface area contributed by atoms with Crippen molar-refractivity contribution in [2.45, 2.75) is 68.1 Å². The number of nitrogens with two attached hydrogens (primary N) is 3. The second kappa shape index (κ2) is 22.6. The summed E-state index contributed by atoms with van der Waals surface area (Å²) in [5.74, 6) is 3.40. The second-order valence-electron chi connectivity index (χ2n) is 19.8. The highest BCUT2D eigenvalue weighted by Gasteiger charge is 2.22. The summed E-state index contributed by atoms with van der Waals surface area (Å²) in [5.41, 5.74) is 31.1. The van der Waals surface area contributed by atoms with Gasteiger partial charge in [-0.3, -0.25) is 29.7 Å². The number of amides is 3. The SMILES string of the molecule is CCN(Cc1nc2c(N)nc3cc(-c4ccn[nH]4)ccc3c2n1C)C(C)=O.CCN(Cc1nc2c([nH]1)c(N)nc1cc(-c3ccn[nH]3)ccc12)C(=O)C(C)C.CCN(Cc1nc2c([nH]1)c(N)nc1cc(-c3ccn[nH]3)ccc12)C(C)=O. The molecule has 3 amide bonds. The third-order valence-corrected chi connectivity index (χ3v) is 14.2. The highest BCUT2D eigenvalue weighted by molar-refractivity contribution is 6.09. The molecule has 11 N–H and O–H groups in total. The van der Waals surface area contributed by atoms with Crippen molar-refractivity contribution in [2.75, 3.05) is 36.8 Å². The number of pyridine rings is 3. The summed E-state index contributed by atoms with van der Waals surface area (Å²) in [6, 6.07) is 23.6. The Morgan fingerprint density at radius 2 is 0.926 bits per heavy atom. The average molecular weight is 1090 g/mol. The van der Waals surface area contributed by atoms with Crippen LogP contribution in [-0.2, 0) is 41.1 Å². The molecule has 0 unspecified atom stereocenters. The van der Waals surface area contributed by atoms with Gasteiger partial charge in [-0.25, -0.2) is 29.9 Å². The summed E-state index contributed by atoms with van der Waals surface area (Å²) in [5, 5.41) is 23.6. The van der Waals surface area contributed by atoms with E-state index in [1.165, 1.54) is 0 Å². The molecular weight excluding hydrogens is 1030 g/mol. The van der Waals surface area contributed by atoms with E-state index < -0.39 is 0 Å². The number of aromatic nitrogens is 15. The molecule has 0 spiro atoms.